The minimum Gasteiger partial charge on any atom is -0.0779 e. The van der Waals surface area contributed by atoms with Gasteiger partial charge in [0.15, 0.2) is 0 Å². The number of benzene rings is 5. The van der Waals surface area contributed by atoms with Gasteiger partial charge < -0.3 is 0 Å². The largest absolute Gasteiger partial charge is 0.0779 e. The van der Waals surface area contributed by atoms with Crippen LogP contribution in [0.5, 0.6) is 0 Å². The van der Waals surface area contributed by atoms with E-state index in [2.05, 4.69) is 178 Å². The summed E-state index contributed by atoms with van der Waals surface area (Å²) in [6.45, 7) is 4.82. The molecule has 5 aromatic carbocycles. The van der Waals surface area contributed by atoms with Gasteiger partial charge in [0.25, 0.3) is 0 Å². The van der Waals surface area contributed by atoms with Crippen molar-refractivity contribution < 1.29 is 0 Å². The van der Waals surface area contributed by atoms with E-state index in [9.17, 15) is 0 Å². The van der Waals surface area contributed by atoms with Crippen LogP contribution in [-0.4, -0.2) is 0 Å². The number of rotatable bonds is 7. The van der Waals surface area contributed by atoms with E-state index in [-0.39, 0.29) is 11.3 Å². The maximum Gasteiger partial charge on any atom is 0.0192 e. The second-order valence-corrected chi connectivity index (χ2v) is 15.2. The third-order valence-electron chi connectivity index (χ3n) is 7.64. The first-order chi connectivity index (χ1) is 19.6. The van der Waals surface area contributed by atoms with Crippen molar-refractivity contribution in [3.05, 3.63) is 175 Å². The third kappa shape index (κ3) is 5.40. The molecule has 0 radical (unpaired) electrons. The molecule has 0 aliphatic heterocycles. The third-order valence-corrected chi connectivity index (χ3v) is 12.7. The van der Waals surface area contributed by atoms with Crippen LogP contribution in [0.15, 0.2) is 169 Å². The summed E-state index contributed by atoms with van der Waals surface area (Å²) in [4.78, 5) is 0. The molecule has 0 aromatic heterocycles. The number of hydrogen-bond donors (Lipinski definition) is 0. The molecule has 2 heteroatoms. The molecule has 1 aliphatic carbocycles. The van der Waals surface area contributed by atoms with Crippen LogP contribution in [0.1, 0.15) is 25.3 Å². The molecule has 5 aromatic rings. The SMILES string of the molecule is CC1(C)C=CC=C(P(c2ccccc2)c2ccccc2)C1c1ccccc1P(c1ccccc1)c1ccccc1. The van der Waals surface area contributed by atoms with Crippen molar-refractivity contribution in [3.8, 4) is 0 Å². The fourth-order valence-corrected chi connectivity index (χ4v) is 11.1. The first-order valence-electron chi connectivity index (χ1n) is 13.9. The van der Waals surface area contributed by atoms with Gasteiger partial charge in [-0.15, -0.1) is 0 Å². The van der Waals surface area contributed by atoms with Gasteiger partial charge in [0, 0.05) is 5.92 Å². The zero-order valence-corrected chi connectivity index (χ0v) is 24.8. The Kier molecular flexibility index (Phi) is 7.93. The van der Waals surface area contributed by atoms with Crippen molar-refractivity contribution >= 4 is 42.4 Å². The van der Waals surface area contributed by atoms with Crippen LogP contribution in [0.2, 0.25) is 0 Å². The molecule has 0 saturated heterocycles. The lowest BCUT2D eigenvalue weighted by molar-refractivity contribution is 0.418. The van der Waals surface area contributed by atoms with Crippen LogP contribution in [0.3, 0.4) is 0 Å². The lowest BCUT2D eigenvalue weighted by Crippen LogP contribution is -2.32. The molecule has 0 bridgehead atoms. The maximum absolute atomic E-state index is 2.42. The molecular weight excluding hydrogens is 518 g/mol. The van der Waals surface area contributed by atoms with Crippen molar-refractivity contribution in [3.63, 3.8) is 0 Å². The van der Waals surface area contributed by atoms with Gasteiger partial charge in [-0.25, -0.2) is 0 Å². The van der Waals surface area contributed by atoms with Crippen LogP contribution in [0.4, 0.5) is 0 Å². The summed E-state index contributed by atoms with van der Waals surface area (Å²) in [5.74, 6) is 0.248. The van der Waals surface area contributed by atoms with Crippen molar-refractivity contribution in [2.75, 3.05) is 0 Å². The molecule has 1 unspecified atom stereocenters. The van der Waals surface area contributed by atoms with Gasteiger partial charge in [-0.3, -0.25) is 0 Å². The molecule has 1 atom stereocenters. The highest BCUT2D eigenvalue weighted by Gasteiger charge is 2.39. The van der Waals surface area contributed by atoms with Gasteiger partial charge in [-0.05, 0) is 58.7 Å². The van der Waals surface area contributed by atoms with E-state index in [1.807, 2.05) is 0 Å². The standard InChI is InChI=1S/C38H34P2/c1-38(2)29-17-28-36(40(32-22-11-5-12-23-32)33-24-13-6-14-25-33)37(38)34-26-15-16-27-35(34)39(30-18-7-3-8-19-30)31-20-9-4-10-21-31/h3-29,37H,1-2H3. The van der Waals surface area contributed by atoms with Crippen LogP contribution in [-0.2, 0) is 0 Å². The molecule has 6 rings (SSSR count). The average molecular weight is 553 g/mol. The van der Waals surface area contributed by atoms with E-state index in [1.165, 1.54) is 37.4 Å². The summed E-state index contributed by atoms with van der Waals surface area (Å²) >= 11 is 0. The summed E-state index contributed by atoms with van der Waals surface area (Å²) in [6.07, 6.45) is 7.13. The molecule has 0 N–H and O–H groups in total. The van der Waals surface area contributed by atoms with Gasteiger partial charge in [0.2, 0.25) is 0 Å². The molecule has 40 heavy (non-hydrogen) atoms. The summed E-state index contributed by atoms with van der Waals surface area (Å²) in [7, 11) is -1.44. The van der Waals surface area contributed by atoms with Crippen LogP contribution >= 0.6 is 15.8 Å². The van der Waals surface area contributed by atoms with Gasteiger partial charge in [0.1, 0.15) is 0 Å². The summed E-state index contributed by atoms with van der Waals surface area (Å²) in [6, 6.07) is 53.7. The van der Waals surface area contributed by atoms with Crippen molar-refractivity contribution in [2.45, 2.75) is 19.8 Å². The van der Waals surface area contributed by atoms with Crippen LogP contribution in [0, 0.1) is 5.41 Å². The number of allylic oxidation sites excluding steroid dienone is 4. The van der Waals surface area contributed by atoms with Crippen molar-refractivity contribution in [2.24, 2.45) is 5.41 Å². The summed E-state index contributed by atoms with van der Waals surface area (Å²) in [5.41, 5.74) is 1.40. The highest BCUT2D eigenvalue weighted by Crippen LogP contribution is 2.58. The van der Waals surface area contributed by atoms with Gasteiger partial charge in [-0.2, -0.15) is 0 Å². The highest BCUT2D eigenvalue weighted by atomic mass is 31.1. The first-order valence-corrected chi connectivity index (χ1v) is 16.6. The van der Waals surface area contributed by atoms with E-state index in [0.29, 0.717) is 0 Å². The first kappa shape index (κ1) is 26.7. The zero-order valence-electron chi connectivity index (χ0n) is 23.1. The van der Waals surface area contributed by atoms with Gasteiger partial charge >= 0.3 is 0 Å². The minimum absolute atomic E-state index is 0.0429. The van der Waals surface area contributed by atoms with E-state index in [1.54, 1.807) is 0 Å². The maximum atomic E-state index is 2.42. The zero-order chi connectivity index (χ0) is 27.4. The van der Waals surface area contributed by atoms with Gasteiger partial charge in [0.05, 0.1) is 0 Å². The second-order valence-electron chi connectivity index (χ2n) is 10.8. The topological polar surface area (TPSA) is 0 Å². The van der Waals surface area contributed by atoms with E-state index in [0.717, 1.165) is 0 Å². The molecule has 0 heterocycles. The van der Waals surface area contributed by atoms with Crippen LogP contribution < -0.4 is 26.5 Å². The average Bonchev–Trinajstić information content (AvgIpc) is 3.00. The molecule has 0 saturated carbocycles. The highest BCUT2D eigenvalue weighted by molar-refractivity contribution is 7.80. The van der Waals surface area contributed by atoms with E-state index in [4.69, 9.17) is 0 Å². The fourth-order valence-electron chi connectivity index (χ4n) is 5.85. The summed E-state index contributed by atoms with van der Waals surface area (Å²) < 4.78 is 0. The lowest BCUT2D eigenvalue weighted by atomic mass is 9.72. The van der Waals surface area contributed by atoms with Crippen molar-refractivity contribution in [1.82, 2.24) is 0 Å². The Morgan fingerprint density at radius 3 is 1.35 bits per heavy atom. The summed E-state index contributed by atoms with van der Waals surface area (Å²) in [5, 5.41) is 8.54. The quantitative estimate of drug-likeness (QED) is 0.179. The fraction of sp³-hybridized carbons (Fsp3) is 0.105. The molecule has 0 amide bonds. The van der Waals surface area contributed by atoms with Gasteiger partial charge in [-0.1, -0.05) is 178 Å². The minimum atomic E-state index is -0.724. The molecule has 1 aliphatic rings. The molecule has 0 fully saturated rings. The monoisotopic (exact) mass is 552 g/mol. The van der Waals surface area contributed by atoms with Crippen LogP contribution in [0.25, 0.3) is 0 Å². The predicted molar refractivity (Wildman–Crippen MR) is 178 cm³/mol. The number of hydrogen-bond acceptors (Lipinski definition) is 0. The Balaban J connectivity index is 1.57. The van der Waals surface area contributed by atoms with E-state index < -0.39 is 15.8 Å². The van der Waals surface area contributed by atoms with Crippen molar-refractivity contribution in [1.29, 1.82) is 0 Å². The molecule has 196 valence electrons. The molecule has 0 nitrogen and oxygen atoms in total. The Morgan fingerprint density at radius 2 is 0.875 bits per heavy atom. The Morgan fingerprint density at radius 1 is 0.475 bits per heavy atom. The second kappa shape index (κ2) is 11.9. The normalized spacial score (nSPS) is 16.2. The smallest absolute Gasteiger partial charge is 0.0192 e. The predicted octanol–water partition coefficient (Wildman–Crippen LogP) is 8.14. The molecular formula is C38H34P2. The Hall–Kier alpha value is -3.56. The lowest BCUT2D eigenvalue weighted by Gasteiger charge is -2.41. The van der Waals surface area contributed by atoms with E-state index >= 15 is 0 Å². The Labute approximate surface area is 241 Å². The Bertz CT molecular complexity index is 1530. The molecule has 0 spiro atoms.